The summed E-state index contributed by atoms with van der Waals surface area (Å²) in [6.45, 7) is 0.567. The second kappa shape index (κ2) is 4.97. The van der Waals surface area contributed by atoms with Crippen molar-refractivity contribution < 1.29 is 8.81 Å². The fourth-order valence-corrected chi connectivity index (χ4v) is 1.63. The minimum Gasteiger partial charge on any atom is -0.472 e. The number of rotatable bonds is 4. The number of hydrogen-bond donors (Lipinski definition) is 2. The molecule has 1 aromatic heterocycles. The van der Waals surface area contributed by atoms with Crippen molar-refractivity contribution in [3.63, 3.8) is 0 Å². The number of furan rings is 1. The van der Waals surface area contributed by atoms with Gasteiger partial charge >= 0.3 is 0 Å². The Kier molecular flexibility index (Phi) is 3.39. The van der Waals surface area contributed by atoms with Gasteiger partial charge in [0.15, 0.2) is 0 Å². The molecule has 2 rings (SSSR count). The zero-order valence-electron chi connectivity index (χ0n) is 8.94. The normalized spacial score (nSPS) is 10.2. The summed E-state index contributed by atoms with van der Waals surface area (Å²) in [7, 11) is 0. The molecule has 5 heteroatoms. The molecular formula is C12H11FN2OS. The fraction of sp³-hybridized carbons (Fsp3) is 0.0833. The Morgan fingerprint density at radius 2 is 2.24 bits per heavy atom. The first kappa shape index (κ1) is 11.6. The lowest BCUT2D eigenvalue weighted by atomic mass is 10.1. The summed E-state index contributed by atoms with van der Waals surface area (Å²) in [6, 6.07) is 6.14. The highest BCUT2D eigenvalue weighted by Gasteiger charge is 2.06. The Bertz CT molecular complexity index is 525. The molecule has 3 N–H and O–H groups in total. The second-order valence-electron chi connectivity index (χ2n) is 3.54. The van der Waals surface area contributed by atoms with E-state index in [0.29, 0.717) is 17.8 Å². The van der Waals surface area contributed by atoms with Crippen molar-refractivity contribution in [1.29, 1.82) is 0 Å². The first-order valence-corrected chi connectivity index (χ1v) is 5.42. The summed E-state index contributed by atoms with van der Waals surface area (Å²) in [5.41, 5.74) is 7.74. The van der Waals surface area contributed by atoms with Crippen LogP contribution < -0.4 is 11.1 Å². The Hall–Kier alpha value is -1.88. The van der Waals surface area contributed by atoms with E-state index in [1.807, 2.05) is 6.07 Å². The zero-order chi connectivity index (χ0) is 12.3. The molecule has 0 aliphatic carbocycles. The zero-order valence-corrected chi connectivity index (χ0v) is 9.76. The molecule has 0 amide bonds. The van der Waals surface area contributed by atoms with E-state index < -0.39 is 0 Å². The molecule has 3 nitrogen and oxygen atoms in total. The Balaban J connectivity index is 2.17. The molecular weight excluding hydrogens is 239 g/mol. The molecule has 0 radical (unpaired) electrons. The van der Waals surface area contributed by atoms with Crippen molar-refractivity contribution in [3.05, 3.63) is 53.7 Å². The third kappa shape index (κ3) is 2.82. The topological polar surface area (TPSA) is 51.2 Å². The van der Waals surface area contributed by atoms with E-state index in [9.17, 15) is 4.39 Å². The van der Waals surface area contributed by atoms with Crippen LogP contribution in [0.1, 0.15) is 11.1 Å². The molecule has 0 spiro atoms. The summed E-state index contributed by atoms with van der Waals surface area (Å²) in [4.78, 5) is 0.166. The minimum absolute atomic E-state index is 0.166. The van der Waals surface area contributed by atoms with Gasteiger partial charge in [-0.1, -0.05) is 12.2 Å². The van der Waals surface area contributed by atoms with E-state index in [0.717, 1.165) is 5.56 Å². The van der Waals surface area contributed by atoms with E-state index in [-0.39, 0.29) is 10.8 Å². The number of thiocarbonyl (C=S) groups is 1. The summed E-state index contributed by atoms with van der Waals surface area (Å²) < 4.78 is 18.0. The van der Waals surface area contributed by atoms with Crippen LogP contribution in [0.15, 0.2) is 41.2 Å². The number of benzene rings is 1. The minimum atomic E-state index is -0.360. The number of hydrogen-bond acceptors (Lipinski definition) is 3. The largest absolute Gasteiger partial charge is 0.472 e. The van der Waals surface area contributed by atoms with E-state index in [1.54, 1.807) is 18.6 Å². The van der Waals surface area contributed by atoms with Crippen molar-refractivity contribution in [2.75, 3.05) is 5.32 Å². The van der Waals surface area contributed by atoms with Gasteiger partial charge < -0.3 is 15.5 Å². The van der Waals surface area contributed by atoms with Crippen LogP contribution in [0.4, 0.5) is 10.1 Å². The van der Waals surface area contributed by atoms with Crippen LogP contribution in [0, 0.1) is 5.82 Å². The number of nitrogens with one attached hydrogen (secondary N) is 1. The van der Waals surface area contributed by atoms with Crippen molar-refractivity contribution in [3.8, 4) is 0 Å². The molecule has 0 fully saturated rings. The lowest BCUT2D eigenvalue weighted by Crippen LogP contribution is -2.13. The molecule has 0 saturated heterocycles. The Morgan fingerprint density at radius 1 is 1.41 bits per heavy atom. The number of anilines is 1. The van der Waals surface area contributed by atoms with Gasteiger partial charge in [-0.05, 0) is 24.3 Å². The third-order valence-electron chi connectivity index (χ3n) is 2.31. The van der Waals surface area contributed by atoms with Crippen LogP contribution in [0.5, 0.6) is 0 Å². The van der Waals surface area contributed by atoms with Crippen LogP contribution >= 0.6 is 12.2 Å². The van der Waals surface area contributed by atoms with Crippen LogP contribution in [0.25, 0.3) is 0 Å². The molecule has 0 unspecified atom stereocenters. The molecule has 17 heavy (non-hydrogen) atoms. The van der Waals surface area contributed by atoms with E-state index in [2.05, 4.69) is 5.32 Å². The van der Waals surface area contributed by atoms with Crippen molar-refractivity contribution in [2.24, 2.45) is 5.73 Å². The summed E-state index contributed by atoms with van der Waals surface area (Å²) >= 11 is 4.88. The van der Waals surface area contributed by atoms with Gasteiger partial charge in [-0.3, -0.25) is 0 Å². The average Bonchev–Trinajstić information content (AvgIpc) is 2.80. The molecule has 0 aliphatic rings. The van der Waals surface area contributed by atoms with E-state index in [4.69, 9.17) is 22.4 Å². The molecule has 0 aliphatic heterocycles. The summed E-state index contributed by atoms with van der Waals surface area (Å²) in [6.07, 6.45) is 3.23. The molecule has 0 bridgehead atoms. The van der Waals surface area contributed by atoms with Gasteiger partial charge in [0.1, 0.15) is 10.8 Å². The van der Waals surface area contributed by atoms with Gasteiger partial charge in [0, 0.05) is 23.4 Å². The van der Waals surface area contributed by atoms with Gasteiger partial charge in [-0.25, -0.2) is 4.39 Å². The first-order chi connectivity index (χ1) is 8.16. The highest BCUT2D eigenvalue weighted by atomic mass is 32.1. The van der Waals surface area contributed by atoms with Gasteiger partial charge in [0.05, 0.1) is 12.5 Å². The predicted octanol–water partition coefficient (Wildman–Crippen LogP) is 2.67. The molecule has 2 aromatic rings. The van der Waals surface area contributed by atoms with Crippen LogP contribution in [-0.4, -0.2) is 4.99 Å². The smallest absolute Gasteiger partial charge is 0.124 e. The summed E-state index contributed by atoms with van der Waals surface area (Å²) in [5.74, 6) is -0.360. The molecule has 0 atom stereocenters. The van der Waals surface area contributed by atoms with Crippen molar-refractivity contribution >= 4 is 22.9 Å². The predicted molar refractivity (Wildman–Crippen MR) is 68.3 cm³/mol. The third-order valence-corrected chi connectivity index (χ3v) is 2.53. The monoisotopic (exact) mass is 250 g/mol. The van der Waals surface area contributed by atoms with E-state index >= 15 is 0 Å². The maximum absolute atomic E-state index is 13.1. The molecule has 1 aromatic carbocycles. The standard InChI is InChI=1S/C12H11FN2OS/c13-9-1-2-11(10(5-9)12(14)17)15-6-8-3-4-16-7-8/h1-5,7,15H,6H2,(H2,14,17). The van der Waals surface area contributed by atoms with Gasteiger partial charge in [-0.2, -0.15) is 0 Å². The fourth-order valence-electron chi connectivity index (χ4n) is 1.47. The Labute approximate surface area is 103 Å². The highest BCUT2D eigenvalue weighted by molar-refractivity contribution is 7.80. The molecule has 1 heterocycles. The van der Waals surface area contributed by atoms with Gasteiger partial charge in [-0.15, -0.1) is 0 Å². The van der Waals surface area contributed by atoms with Gasteiger partial charge in [0.25, 0.3) is 0 Å². The SMILES string of the molecule is NC(=S)c1cc(F)ccc1NCc1ccoc1. The van der Waals surface area contributed by atoms with Crippen molar-refractivity contribution in [2.45, 2.75) is 6.54 Å². The van der Waals surface area contributed by atoms with Gasteiger partial charge in [0.2, 0.25) is 0 Å². The Morgan fingerprint density at radius 3 is 2.88 bits per heavy atom. The lowest BCUT2D eigenvalue weighted by molar-refractivity contribution is 0.564. The number of halogens is 1. The maximum Gasteiger partial charge on any atom is 0.124 e. The average molecular weight is 250 g/mol. The molecule has 88 valence electrons. The lowest BCUT2D eigenvalue weighted by Gasteiger charge is -2.10. The quantitative estimate of drug-likeness (QED) is 0.819. The first-order valence-electron chi connectivity index (χ1n) is 5.01. The van der Waals surface area contributed by atoms with Crippen LogP contribution in [0.3, 0.4) is 0 Å². The van der Waals surface area contributed by atoms with Crippen LogP contribution in [0.2, 0.25) is 0 Å². The second-order valence-corrected chi connectivity index (χ2v) is 3.98. The van der Waals surface area contributed by atoms with Crippen molar-refractivity contribution in [1.82, 2.24) is 0 Å². The number of nitrogens with two attached hydrogens (primary N) is 1. The highest BCUT2D eigenvalue weighted by Crippen LogP contribution is 2.18. The molecule has 0 saturated carbocycles. The summed E-state index contributed by atoms with van der Waals surface area (Å²) in [5, 5.41) is 3.13. The van der Waals surface area contributed by atoms with Crippen LogP contribution in [-0.2, 0) is 6.54 Å². The van der Waals surface area contributed by atoms with E-state index in [1.165, 1.54) is 12.1 Å². The maximum atomic E-state index is 13.1.